The Morgan fingerprint density at radius 1 is 0.964 bits per heavy atom. The summed E-state index contributed by atoms with van der Waals surface area (Å²) in [7, 11) is 3.34. The smallest absolute Gasteiger partial charge is 0.191 e. The molecule has 0 heterocycles. The van der Waals surface area contributed by atoms with Crippen LogP contribution in [0.4, 0.5) is 0 Å². The summed E-state index contributed by atoms with van der Waals surface area (Å²) in [5.74, 6) is 2.46. The van der Waals surface area contributed by atoms with Gasteiger partial charge in [0.15, 0.2) is 5.96 Å². The van der Waals surface area contributed by atoms with Crippen molar-refractivity contribution in [1.82, 2.24) is 10.6 Å². The molecule has 0 aliphatic heterocycles. The highest BCUT2D eigenvalue weighted by Gasteiger charge is 2.07. The Kier molecular flexibility index (Phi) is 9.15. The number of methoxy groups -OCH3 is 2. The third-order valence-electron chi connectivity index (χ3n) is 4.16. The number of para-hydroxylation sites is 1. The molecule has 0 atom stereocenters. The number of hydrogen-bond acceptors (Lipinski definition) is 4. The van der Waals surface area contributed by atoms with Crippen LogP contribution in [0.5, 0.6) is 11.5 Å². The third kappa shape index (κ3) is 6.78. The zero-order valence-corrected chi connectivity index (χ0v) is 17.2. The fraction of sp³-hybridized carbons (Fsp3) is 0.409. The summed E-state index contributed by atoms with van der Waals surface area (Å²) in [6.07, 6.45) is 0. The number of rotatable bonds is 10. The fourth-order valence-corrected chi connectivity index (χ4v) is 2.70. The highest BCUT2D eigenvalue weighted by Crippen LogP contribution is 2.21. The van der Waals surface area contributed by atoms with Crippen LogP contribution in [0.15, 0.2) is 47.5 Å². The van der Waals surface area contributed by atoms with E-state index in [9.17, 15) is 0 Å². The van der Waals surface area contributed by atoms with Crippen molar-refractivity contribution in [3.63, 3.8) is 0 Å². The quantitative estimate of drug-likeness (QED) is 0.373. The summed E-state index contributed by atoms with van der Waals surface area (Å²) in [5, 5.41) is 6.66. The van der Waals surface area contributed by atoms with Gasteiger partial charge in [0.1, 0.15) is 18.1 Å². The van der Waals surface area contributed by atoms with E-state index in [-0.39, 0.29) is 0 Å². The Bertz CT molecular complexity index is 762. The summed E-state index contributed by atoms with van der Waals surface area (Å²) in [5.41, 5.74) is 3.28. The highest BCUT2D eigenvalue weighted by molar-refractivity contribution is 5.79. The lowest BCUT2D eigenvalue weighted by molar-refractivity contribution is 0.145. The van der Waals surface area contributed by atoms with Gasteiger partial charge in [-0.1, -0.05) is 30.3 Å². The van der Waals surface area contributed by atoms with Gasteiger partial charge >= 0.3 is 0 Å². The predicted octanol–water partition coefficient (Wildman–Crippen LogP) is 3.28. The monoisotopic (exact) mass is 385 g/mol. The first kappa shape index (κ1) is 21.6. The number of ether oxygens (including phenoxy) is 3. The molecule has 152 valence electrons. The summed E-state index contributed by atoms with van der Waals surface area (Å²) < 4.78 is 16.3. The molecular formula is C22H31N3O3. The van der Waals surface area contributed by atoms with Gasteiger partial charge < -0.3 is 24.8 Å². The molecule has 2 aromatic rings. The minimum atomic E-state index is 0.523. The Labute approximate surface area is 167 Å². The average Bonchev–Trinajstić information content (AvgIpc) is 2.71. The molecule has 28 heavy (non-hydrogen) atoms. The van der Waals surface area contributed by atoms with Crippen LogP contribution in [0.1, 0.15) is 23.6 Å². The largest absolute Gasteiger partial charge is 0.496 e. The number of nitrogens with zero attached hydrogens (tertiary/aromatic N) is 1. The van der Waals surface area contributed by atoms with Gasteiger partial charge in [-0.2, -0.15) is 0 Å². The molecule has 0 aliphatic rings. The van der Waals surface area contributed by atoms with Crippen LogP contribution in [-0.2, 0) is 17.8 Å². The number of benzene rings is 2. The van der Waals surface area contributed by atoms with Crippen LogP contribution in [0.25, 0.3) is 0 Å². The van der Waals surface area contributed by atoms with E-state index in [0.717, 1.165) is 40.7 Å². The number of nitrogens with one attached hydrogen (secondary N) is 2. The Morgan fingerprint density at radius 3 is 2.54 bits per heavy atom. The molecule has 2 rings (SSSR count). The SMILES string of the molecule is CCNC(=NCc1ccccc1OC)NCc1ccc(C)cc1OCCOC. The van der Waals surface area contributed by atoms with E-state index < -0.39 is 0 Å². The summed E-state index contributed by atoms with van der Waals surface area (Å²) >= 11 is 0. The van der Waals surface area contributed by atoms with Crippen molar-refractivity contribution in [3.05, 3.63) is 59.2 Å². The number of aryl methyl sites for hydroxylation is 1. The third-order valence-corrected chi connectivity index (χ3v) is 4.16. The minimum absolute atomic E-state index is 0.523. The van der Waals surface area contributed by atoms with Crippen molar-refractivity contribution in [1.29, 1.82) is 0 Å². The summed E-state index contributed by atoms with van der Waals surface area (Å²) in [6, 6.07) is 14.1. The molecule has 0 spiro atoms. The predicted molar refractivity (Wildman–Crippen MR) is 113 cm³/mol. The van der Waals surface area contributed by atoms with Crippen LogP contribution in [0.2, 0.25) is 0 Å². The molecule has 6 nitrogen and oxygen atoms in total. The van der Waals surface area contributed by atoms with Crippen LogP contribution in [0, 0.1) is 6.92 Å². The lowest BCUT2D eigenvalue weighted by Crippen LogP contribution is -2.36. The van der Waals surface area contributed by atoms with Gasteiger partial charge in [-0.25, -0.2) is 4.99 Å². The number of guanidine groups is 1. The van der Waals surface area contributed by atoms with Crippen molar-refractivity contribution in [2.24, 2.45) is 4.99 Å². The Morgan fingerprint density at radius 2 is 1.79 bits per heavy atom. The van der Waals surface area contributed by atoms with Gasteiger partial charge in [-0.05, 0) is 31.5 Å². The highest BCUT2D eigenvalue weighted by atomic mass is 16.5. The molecule has 0 unspecified atom stereocenters. The molecule has 0 bridgehead atoms. The number of hydrogen-bond donors (Lipinski definition) is 2. The first-order chi connectivity index (χ1) is 13.7. The zero-order chi connectivity index (χ0) is 20.2. The van der Waals surface area contributed by atoms with E-state index in [4.69, 9.17) is 14.2 Å². The summed E-state index contributed by atoms with van der Waals surface area (Å²) in [4.78, 5) is 4.68. The van der Waals surface area contributed by atoms with Crippen molar-refractivity contribution >= 4 is 5.96 Å². The topological polar surface area (TPSA) is 64.1 Å². The van der Waals surface area contributed by atoms with E-state index in [0.29, 0.717) is 26.3 Å². The van der Waals surface area contributed by atoms with Gasteiger partial charge in [0.25, 0.3) is 0 Å². The lowest BCUT2D eigenvalue weighted by Gasteiger charge is -2.15. The Hall–Kier alpha value is -2.73. The molecule has 2 aromatic carbocycles. The maximum absolute atomic E-state index is 5.87. The maximum Gasteiger partial charge on any atom is 0.191 e. The van der Waals surface area contributed by atoms with E-state index in [1.165, 1.54) is 0 Å². The first-order valence-corrected chi connectivity index (χ1v) is 9.53. The minimum Gasteiger partial charge on any atom is -0.496 e. The van der Waals surface area contributed by atoms with Crippen LogP contribution >= 0.6 is 0 Å². The van der Waals surface area contributed by atoms with Crippen molar-refractivity contribution in [3.8, 4) is 11.5 Å². The van der Waals surface area contributed by atoms with Gasteiger partial charge in [0.05, 0.1) is 20.3 Å². The second-order valence-electron chi connectivity index (χ2n) is 6.31. The van der Waals surface area contributed by atoms with E-state index in [1.54, 1.807) is 14.2 Å². The van der Waals surface area contributed by atoms with E-state index >= 15 is 0 Å². The van der Waals surface area contributed by atoms with Crippen LogP contribution in [-0.4, -0.2) is 39.9 Å². The van der Waals surface area contributed by atoms with Crippen molar-refractivity contribution < 1.29 is 14.2 Å². The molecule has 6 heteroatoms. The molecule has 2 N–H and O–H groups in total. The molecule has 0 aromatic heterocycles. The fourth-order valence-electron chi connectivity index (χ4n) is 2.70. The molecule has 0 saturated heterocycles. The van der Waals surface area contributed by atoms with Crippen molar-refractivity contribution in [2.75, 3.05) is 34.0 Å². The molecule has 0 radical (unpaired) electrons. The maximum atomic E-state index is 5.87. The molecule has 0 saturated carbocycles. The van der Waals surface area contributed by atoms with E-state index in [1.807, 2.05) is 37.3 Å². The zero-order valence-electron chi connectivity index (χ0n) is 17.2. The van der Waals surface area contributed by atoms with Crippen molar-refractivity contribution in [2.45, 2.75) is 26.9 Å². The van der Waals surface area contributed by atoms with Gasteiger partial charge in [-0.3, -0.25) is 0 Å². The Balaban J connectivity index is 2.06. The summed E-state index contributed by atoms with van der Waals surface area (Å²) in [6.45, 7) is 7.11. The lowest BCUT2D eigenvalue weighted by atomic mass is 10.1. The second kappa shape index (κ2) is 11.9. The molecule has 0 aliphatic carbocycles. The second-order valence-corrected chi connectivity index (χ2v) is 6.31. The normalized spacial score (nSPS) is 11.2. The molecule has 0 fully saturated rings. The van der Waals surface area contributed by atoms with E-state index in [2.05, 4.69) is 34.7 Å². The van der Waals surface area contributed by atoms with Gasteiger partial charge in [0, 0.05) is 31.3 Å². The van der Waals surface area contributed by atoms with Crippen LogP contribution in [0.3, 0.4) is 0 Å². The van der Waals surface area contributed by atoms with Gasteiger partial charge in [-0.15, -0.1) is 0 Å². The first-order valence-electron chi connectivity index (χ1n) is 9.53. The average molecular weight is 386 g/mol. The van der Waals surface area contributed by atoms with Crippen LogP contribution < -0.4 is 20.1 Å². The van der Waals surface area contributed by atoms with Gasteiger partial charge in [0.2, 0.25) is 0 Å². The number of aliphatic imine (C=N–C) groups is 1. The molecular weight excluding hydrogens is 354 g/mol. The standard InChI is InChI=1S/C22H31N3O3/c1-5-23-22(24-15-18-8-6-7-9-20(18)27-4)25-16-19-11-10-17(2)14-21(19)28-13-12-26-3/h6-11,14H,5,12-13,15-16H2,1-4H3,(H2,23,24,25). The molecule has 0 amide bonds.